The monoisotopic (exact) mass is 328 g/mol. The Kier molecular flexibility index (Phi) is 5.51. The van der Waals surface area contributed by atoms with Gasteiger partial charge in [0.1, 0.15) is 5.69 Å². The van der Waals surface area contributed by atoms with E-state index in [9.17, 15) is 14.9 Å². The quantitative estimate of drug-likeness (QED) is 0.492. The molecule has 0 saturated carbocycles. The van der Waals surface area contributed by atoms with Crippen LogP contribution in [0.15, 0.2) is 55.1 Å². The van der Waals surface area contributed by atoms with Gasteiger partial charge in [0.05, 0.1) is 12.0 Å². The number of hydrogen-bond acceptors (Lipinski definition) is 5. The molecule has 2 aromatic carbocycles. The molecule has 24 heavy (non-hydrogen) atoms. The molecular formula is C17H16N2O5. The number of nitro groups is 1. The maximum atomic E-state index is 12.0. The lowest BCUT2D eigenvalue weighted by molar-refractivity contribution is -0.383. The molecule has 0 bridgehead atoms. The van der Waals surface area contributed by atoms with Crippen LogP contribution in [0.3, 0.4) is 0 Å². The summed E-state index contributed by atoms with van der Waals surface area (Å²) < 4.78 is 10.4. The van der Waals surface area contributed by atoms with Gasteiger partial charge in [-0.2, -0.15) is 0 Å². The smallest absolute Gasteiger partial charge is 0.417 e. The molecule has 1 amide bonds. The van der Waals surface area contributed by atoms with Crippen molar-refractivity contribution in [3.63, 3.8) is 0 Å². The number of methoxy groups -OCH3 is 1. The van der Waals surface area contributed by atoms with E-state index < -0.39 is 11.0 Å². The van der Waals surface area contributed by atoms with Crippen molar-refractivity contribution in [3.8, 4) is 11.5 Å². The van der Waals surface area contributed by atoms with Gasteiger partial charge in [0, 0.05) is 6.07 Å². The Balaban J connectivity index is 2.15. The average Bonchev–Trinajstić information content (AvgIpc) is 2.56. The summed E-state index contributed by atoms with van der Waals surface area (Å²) in [5.41, 5.74) is 0.783. The number of ether oxygens (including phenoxy) is 2. The van der Waals surface area contributed by atoms with Gasteiger partial charge in [-0.15, -0.1) is 6.58 Å². The van der Waals surface area contributed by atoms with Gasteiger partial charge < -0.3 is 9.47 Å². The predicted octanol–water partition coefficient (Wildman–Crippen LogP) is 3.94. The molecule has 124 valence electrons. The van der Waals surface area contributed by atoms with Crippen molar-refractivity contribution in [2.75, 3.05) is 12.4 Å². The summed E-state index contributed by atoms with van der Waals surface area (Å²) in [6.45, 7) is 3.66. The van der Waals surface area contributed by atoms with Gasteiger partial charge in [0.2, 0.25) is 0 Å². The first-order valence-corrected chi connectivity index (χ1v) is 7.05. The molecule has 2 rings (SSSR count). The van der Waals surface area contributed by atoms with E-state index in [1.165, 1.54) is 25.3 Å². The number of para-hydroxylation sites is 2. The zero-order chi connectivity index (χ0) is 17.5. The molecule has 7 nitrogen and oxygen atoms in total. The second kappa shape index (κ2) is 7.77. The molecule has 0 spiro atoms. The highest BCUT2D eigenvalue weighted by atomic mass is 16.6. The highest BCUT2D eigenvalue weighted by molar-refractivity contribution is 5.89. The van der Waals surface area contributed by atoms with E-state index in [1.807, 2.05) is 0 Å². The lowest BCUT2D eigenvalue weighted by Crippen LogP contribution is -2.18. The van der Waals surface area contributed by atoms with Crippen molar-refractivity contribution < 1.29 is 19.2 Å². The third-order valence-electron chi connectivity index (χ3n) is 3.15. The number of benzene rings is 2. The van der Waals surface area contributed by atoms with Crippen molar-refractivity contribution in [3.05, 3.63) is 70.8 Å². The SMILES string of the molecule is C=CCc1ccc(OC(=O)Nc2ccccc2[N+](=O)[O-])c(OC)c1. The highest BCUT2D eigenvalue weighted by Crippen LogP contribution is 2.29. The zero-order valence-electron chi connectivity index (χ0n) is 13.0. The van der Waals surface area contributed by atoms with E-state index in [0.717, 1.165) is 5.56 Å². The molecule has 0 atom stereocenters. The minimum absolute atomic E-state index is 0.0507. The number of carbonyl (C=O) groups excluding carboxylic acids is 1. The fraction of sp³-hybridized carbons (Fsp3) is 0.118. The molecule has 7 heteroatoms. The van der Waals surface area contributed by atoms with Crippen LogP contribution in [0.25, 0.3) is 0 Å². The van der Waals surface area contributed by atoms with Crippen molar-refractivity contribution in [2.24, 2.45) is 0 Å². The zero-order valence-corrected chi connectivity index (χ0v) is 13.0. The van der Waals surface area contributed by atoms with Crippen LogP contribution < -0.4 is 14.8 Å². The molecule has 0 aliphatic rings. The van der Waals surface area contributed by atoms with Gasteiger partial charge in [-0.05, 0) is 30.2 Å². The molecule has 0 aliphatic carbocycles. The second-order valence-electron chi connectivity index (χ2n) is 4.77. The minimum atomic E-state index is -0.848. The average molecular weight is 328 g/mol. The predicted molar refractivity (Wildman–Crippen MR) is 89.6 cm³/mol. The summed E-state index contributed by atoms with van der Waals surface area (Å²) in [6, 6.07) is 10.9. The third kappa shape index (κ3) is 4.10. The highest BCUT2D eigenvalue weighted by Gasteiger charge is 2.17. The Morgan fingerprint density at radius 1 is 1.29 bits per heavy atom. The number of hydrogen-bond donors (Lipinski definition) is 1. The Morgan fingerprint density at radius 2 is 2.04 bits per heavy atom. The second-order valence-corrected chi connectivity index (χ2v) is 4.77. The molecule has 2 aromatic rings. The summed E-state index contributed by atoms with van der Waals surface area (Å²) >= 11 is 0. The number of carbonyl (C=O) groups is 1. The van der Waals surface area contributed by atoms with Crippen molar-refractivity contribution >= 4 is 17.5 Å². The van der Waals surface area contributed by atoms with Gasteiger partial charge in [-0.3, -0.25) is 15.4 Å². The van der Waals surface area contributed by atoms with E-state index in [1.54, 1.807) is 30.3 Å². The van der Waals surface area contributed by atoms with Crippen molar-refractivity contribution in [1.29, 1.82) is 0 Å². The van der Waals surface area contributed by atoms with Crippen LogP contribution in [-0.2, 0) is 6.42 Å². The molecule has 0 saturated heterocycles. The van der Waals surface area contributed by atoms with E-state index in [4.69, 9.17) is 9.47 Å². The van der Waals surface area contributed by atoms with Crippen molar-refractivity contribution in [1.82, 2.24) is 0 Å². The van der Waals surface area contributed by atoms with Crippen LogP contribution in [-0.4, -0.2) is 18.1 Å². The van der Waals surface area contributed by atoms with Crippen LogP contribution in [0.2, 0.25) is 0 Å². The van der Waals surface area contributed by atoms with Crippen LogP contribution in [0.1, 0.15) is 5.56 Å². The Labute approximate surface area is 138 Å². The number of rotatable bonds is 6. The number of anilines is 1. The van der Waals surface area contributed by atoms with E-state index >= 15 is 0 Å². The normalized spacial score (nSPS) is 9.88. The third-order valence-corrected chi connectivity index (χ3v) is 3.15. The molecule has 0 radical (unpaired) electrons. The fourth-order valence-electron chi connectivity index (χ4n) is 2.06. The van der Waals surface area contributed by atoms with Gasteiger partial charge in [-0.25, -0.2) is 4.79 Å². The fourth-order valence-corrected chi connectivity index (χ4v) is 2.06. The van der Waals surface area contributed by atoms with E-state index in [2.05, 4.69) is 11.9 Å². The first-order valence-electron chi connectivity index (χ1n) is 7.05. The molecular weight excluding hydrogens is 312 g/mol. The maximum Gasteiger partial charge on any atom is 0.417 e. The van der Waals surface area contributed by atoms with Gasteiger partial charge in [-0.1, -0.05) is 24.3 Å². The largest absolute Gasteiger partial charge is 0.493 e. The summed E-state index contributed by atoms with van der Waals surface area (Å²) in [6.07, 6.45) is 1.55. The summed E-state index contributed by atoms with van der Waals surface area (Å²) in [7, 11) is 1.46. The first-order chi connectivity index (χ1) is 11.5. The topological polar surface area (TPSA) is 90.7 Å². The number of nitrogens with zero attached hydrogens (tertiary/aromatic N) is 1. The number of nitro benzene ring substituents is 1. The molecule has 0 aliphatic heterocycles. The summed E-state index contributed by atoms with van der Waals surface area (Å²) in [5, 5.41) is 13.3. The van der Waals surface area contributed by atoms with Gasteiger partial charge in [0.25, 0.3) is 5.69 Å². The van der Waals surface area contributed by atoms with Crippen LogP contribution >= 0.6 is 0 Å². The molecule has 0 fully saturated rings. The number of nitrogens with one attached hydrogen (secondary N) is 1. The lowest BCUT2D eigenvalue weighted by Gasteiger charge is -2.11. The lowest BCUT2D eigenvalue weighted by atomic mass is 10.1. The minimum Gasteiger partial charge on any atom is -0.493 e. The van der Waals surface area contributed by atoms with Crippen LogP contribution in [0, 0.1) is 10.1 Å². The Bertz CT molecular complexity index is 773. The summed E-state index contributed by atoms with van der Waals surface area (Å²) in [5.74, 6) is 0.591. The molecule has 0 heterocycles. The molecule has 0 unspecified atom stereocenters. The number of allylic oxidation sites excluding steroid dienone is 1. The van der Waals surface area contributed by atoms with E-state index in [-0.39, 0.29) is 17.1 Å². The molecule has 0 aromatic heterocycles. The first kappa shape index (κ1) is 17.0. The summed E-state index contributed by atoms with van der Waals surface area (Å²) in [4.78, 5) is 22.4. The standard InChI is InChI=1S/C17H16N2O5/c1-3-6-12-9-10-15(16(11-12)23-2)24-17(20)18-13-7-4-5-8-14(13)19(21)22/h3-5,7-11H,1,6H2,2H3,(H,18,20). The molecule has 1 N–H and O–H groups in total. The van der Waals surface area contributed by atoms with Gasteiger partial charge >= 0.3 is 6.09 Å². The van der Waals surface area contributed by atoms with Crippen LogP contribution in [0.4, 0.5) is 16.2 Å². The van der Waals surface area contributed by atoms with Crippen LogP contribution in [0.5, 0.6) is 11.5 Å². The Morgan fingerprint density at radius 3 is 2.71 bits per heavy atom. The van der Waals surface area contributed by atoms with Gasteiger partial charge in [0.15, 0.2) is 11.5 Å². The Hall–Kier alpha value is -3.35. The van der Waals surface area contributed by atoms with E-state index in [0.29, 0.717) is 12.2 Å². The van der Waals surface area contributed by atoms with Crippen molar-refractivity contribution in [2.45, 2.75) is 6.42 Å². The maximum absolute atomic E-state index is 12.0. The number of amides is 1.